The van der Waals surface area contributed by atoms with Gasteiger partial charge in [0.25, 0.3) is 0 Å². The number of likely N-dealkylation sites (N-methyl/N-ethyl adjacent to an activating group) is 1. The number of nitrogens with zero attached hydrogens (tertiary/aromatic N) is 5. The number of nitrogens with one attached hydrogen (secondary N) is 2. The molecule has 2 N–H and O–H groups in total. The van der Waals surface area contributed by atoms with Crippen LogP contribution in [0.25, 0.3) is 10.9 Å². The summed E-state index contributed by atoms with van der Waals surface area (Å²) in [4.78, 5) is 33.7. The van der Waals surface area contributed by atoms with Crippen molar-refractivity contribution < 1.29 is 9.59 Å². The molecule has 9 nitrogen and oxygen atoms in total. The fourth-order valence-electron chi connectivity index (χ4n) is 4.93. The first-order valence-corrected chi connectivity index (χ1v) is 14.1. The Kier molecular flexibility index (Phi) is 10.5. The summed E-state index contributed by atoms with van der Waals surface area (Å²) in [7, 11) is 5.48. The molecular weight excluding hydrogens is 514 g/mol. The molecule has 0 radical (unpaired) electrons. The molecule has 0 atom stereocenters. The number of pyridine rings is 1. The summed E-state index contributed by atoms with van der Waals surface area (Å²) in [5.74, 6) is 0.821. The Morgan fingerprint density at radius 1 is 0.951 bits per heavy atom. The highest BCUT2D eigenvalue weighted by Gasteiger charge is 2.15. The van der Waals surface area contributed by atoms with Crippen LogP contribution >= 0.6 is 0 Å². The van der Waals surface area contributed by atoms with Gasteiger partial charge in [-0.25, -0.2) is 9.78 Å². The number of benzene rings is 2. The zero-order valence-corrected chi connectivity index (χ0v) is 24.5. The van der Waals surface area contributed by atoms with E-state index in [0.717, 1.165) is 52.9 Å². The lowest BCUT2D eigenvalue weighted by atomic mass is 10.1. The summed E-state index contributed by atoms with van der Waals surface area (Å²) >= 11 is 0. The average molecular weight is 556 g/mol. The lowest BCUT2D eigenvalue weighted by Gasteiger charge is -2.34. The number of amides is 1. The van der Waals surface area contributed by atoms with Crippen LogP contribution in [0.5, 0.6) is 0 Å². The number of hydrogen-bond acceptors (Lipinski definition) is 7. The minimum Gasteiger partial charge on any atom is -0.373 e. The van der Waals surface area contributed by atoms with E-state index in [1.165, 1.54) is 38.3 Å². The van der Waals surface area contributed by atoms with Gasteiger partial charge in [-0.2, -0.15) is 0 Å². The molecule has 5 rings (SSSR count). The zero-order valence-electron chi connectivity index (χ0n) is 24.5. The summed E-state index contributed by atoms with van der Waals surface area (Å²) in [5, 5.41) is 6.69. The number of piperazine rings is 1. The Morgan fingerprint density at radius 3 is 2.32 bits per heavy atom. The number of aldehydes is 1. The molecule has 4 aromatic rings. The highest BCUT2D eigenvalue weighted by Crippen LogP contribution is 2.28. The summed E-state index contributed by atoms with van der Waals surface area (Å²) in [5.41, 5.74) is 5.04. The monoisotopic (exact) mass is 555 g/mol. The van der Waals surface area contributed by atoms with E-state index in [9.17, 15) is 9.59 Å². The van der Waals surface area contributed by atoms with Crippen LogP contribution in [0.2, 0.25) is 0 Å². The second-order valence-corrected chi connectivity index (χ2v) is 10.1. The molecule has 1 fully saturated rings. The Labute approximate surface area is 242 Å². The van der Waals surface area contributed by atoms with E-state index >= 15 is 0 Å². The normalized spacial score (nSPS) is 13.8. The Balaban J connectivity index is 0.000000195. The molecule has 216 valence electrons. The van der Waals surface area contributed by atoms with Crippen molar-refractivity contribution in [3.8, 4) is 0 Å². The van der Waals surface area contributed by atoms with Crippen LogP contribution in [0.3, 0.4) is 0 Å². The maximum atomic E-state index is 11.8. The van der Waals surface area contributed by atoms with Crippen LogP contribution in [0.1, 0.15) is 22.8 Å². The molecule has 41 heavy (non-hydrogen) atoms. The van der Waals surface area contributed by atoms with Crippen LogP contribution in [0, 0.1) is 0 Å². The minimum atomic E-state index is -0.145. The standard InChI is InChI=1S/C17H19N5O.C15H22N2O/c1-18-16-11-14(6-8-20-16)21(3)13-4-5-15-12(10-13)7-9-22(15)17(23)19-2;1-2-16-9-11-17(12-10-16)8-7-14-3-5-15(13-18)6-4-14/h4-11H,1-3H3,(H,18,20)(H,19,23);3-6,13H,2,7-12H2,1H3. The molecule has 0 saturated carbocycles. The molecule has 2 aromatic heterocycles. The number of rotatable bonds is 8. The molecule has 0 bridgehead atoms. The van der Waals surface area contributed by atoms with Crippen molar-refractivity contribution in [1.82, 2.24) is 24.7 Å². The van der Waals surface area contributed by atoms with Crippen molar-refractivity contribution in [2.24, 2.45) is 0 Å². The molecule has 0 aliphatic carbocycles. The first kappa shape index (κ1) is 29.8. The fourth-order valence-corrected chi connectivity index (χ4v) is 4.93. The zero-order chi connectivity index (χ0) is 29.2. The number of aromatic nitrogens is 2. The largest absolute Gasteiger partial charge is 0.373 e. The summed E-state index contributed by atoms with van der Waals surface area (Å²) in [6.45, 7) is 9.27. The Bertz CT molecular complexity index is 1430. The van der Waals surface area contributed by atoms with Gasteiger partial charge in [0.2, 0.25) is 0 Å². The minimum absolute atomic E-state index is 0.145. The Hall–Kier alpha value is -4.21. The number of fused-ring (bicyclic) bond motifs is 1. The summed E-state index contributed by atoms with van der Waals surface area (Å²) in [6.07, 6.45) is 5.52. The van der Waals surface area contributed by atoms with Gasteiger partial charge >= 0.3 is 6.03 Å². The van der Waals surface area contributed by atoms with Crippen molar-refractivity contribution in [1.29, 1.82) is 0 Å². The molecule has 2 aromatic carbocycles. The van der Waals surface area contributed by atoms with Gasteiger partial charge in [0.05, 0.1) is 5.52 Å². The molecular formula is C32H41N7O2. The number of carbonyl (C=O) groups is 2. The molecule has 1 aliphatic rings. The first-order chi connectivity index (χ1) is 19.9. The van der Waals surface area contributed by atoms with Gasteiger partial charge in [-0.05, 0) is 48.9 Å². The lowest BCUT2D eigenvalue weighted by molar-refractivity contribution is 0.112. The third-order valence-electron chi connectivity index (χ3n) is 7.63. The van der Waals surface area contributed by atoms with Gasteiger partial charge in [0.15, 0.2) is 0 Å². The van der Waals surface area contributed by atoms with Gasteiger partial charge in [0.1, 0.15) is 12.1 Å². The second-order valence-electron chi connectivity index (χ2n) is 10.1. The maximum absolute atomic E-state index is 11.8. The maximum Gasteiger partial charge on any atom is 0.325 e. The summed E-state index contributed by atoms with van der Waals surface area (Å²) in [6, 6.07) is 19.7. The van der Waals surface area contributed by atoms with E-state index in [2.05, 4.69) is 55.4 Å². The van der Waals surface area contributed by atoms with Crippen molar-refractivity contribution in [2.75, 3.05) is 70.6 Å². The lowest BCUT2D eigenvalue weighted by Crippen LogP contribution is -2.46. The van der Waals surface area contributed by atoms with Crippen molar-refractivity contribution >= 4 is 40.4 Å². The van der Waals surface area contributed by atoms with E-state index in [4.69, 9.17) is 0 Å². The van der Waals surface area contributed by atoms with E-state index in [0.29, 0.717) is 0 Å². The van der Waals surface area contributed by atoms with E-state index in [-0.39, 0.29) is 6.03 Å². The predicted octanol–water partition coefficient (Wildman–Crippen LogP) is 4.71. The average Bonchev–Trinajstić information content (AvgIpc) is 3.47. The van der Waals surface area contributed by atoms with Crippen LogP contribution in [-0.2, 0) is 6.42 Å². The van der Waals surface area contributed by atoms with Gasteiger partial charge in [-0.1, -0.05) is 31.2 Å². The molecule has 3 heterocycles. The second kappa shape index (κ2) is 14.4. The number of anilines is 3. The van der Waals surface area contributed by atoms with Gasteiger partial charge in [0, 0.05) is 94.7 Å². The topological polar surface area (TPSA) is 85.7 Å². The predicted molar refractivity (Wildman–Crippen MR) is 168 cm³/mol. The van der Waals surface area contributed by atoms with Crippen LogP contribution < -0.4 is 15.5 Å². The highest BCUT2D eigenvalue weighted by atomic mass is 16.2. The molecule has 1 amide bonds. The third-order valence-corrected chi connectivity index (χ3v) is 7.63. The third kappa shape index (κ3) is 7.71. The Morgan fingerprint density at radius 2 is 1.66 bits per heavy atom. The summed E-state index contributed by atoms with van der Waals surface area (Å²) < 4.78 is 1.60. The van der Waals surface area contributed by atoms with Gasteiger partial charge < -0.3 is 25.3 Å². The van der Waals surface area contributed by atoms with Crippen molar-refractivity contribution in [3.05, 3.63) is 84.2 Å². The van der Waals surface area contributed by atoms with Crippen molar-refractivity contribution in [2.45, 2.75) is 13.3 Å². The highest BCUT2D eigenvalue weighted by molar-refractivity contribution is 5.93. The fraction of sp³-hybridized carbons (Fsp3) is 0.344. The SMILES string of the molecule is CCN1CCN(CCc2ccc(C=O)cc2)CC1.CNC(=O)n1ccc2cc(N(C)c3ccnc(NC)c3)ccc21. The first-order valence-electron chi connectivity index (χ1n) is 14.1. The van der Waals surface area contributed by atoms with Gasteiger partial charge in [-0.3, -0.25) is 9.36 Å². The van der Waals surface area contributed by atoms with E-state index < -0.39 is 0 Å². The smallest absolute Gasteiger partial charge is 0.325 e. The molecule has 9 heteroatoms. The molecule has 1 aliphatic heterocycles. The van der Waals surface area contributed by atoms with Crippen LogP contribution in [0.4, 0.5) is 22.0 Å². The number of hydrogen-bond donors (Lipinski definition) is 2. The van der Waals surface area contributed by atoms with Gasteiger partial charge in [-0.15, -0.1) is 0 Å². The molecule has 0 unspecified atom stereocenters. The molecule has 1 saturated heterocycles. The quantitative estimate of drug-likeness (QED) is 0.305. The number of carbonyl (C=O) groups excluding carboxylic acids is 2. The molecule has 0 spiro atoms. The van der Waals surface area contributed by atoms with Crippen molar-refractivity contribution in [3.63, 3.8) is 0 Å². The van der Waals surface area contributed by atoms with Crippen LogP contribution in [0.15, 0.2) is 73.1 Å². The van der Waals surface area contributed by atoms with Crippen LogP contribution in [-0.4, -0.2) is 92.1 Å². The van der Waals surface area contributed by atoms with E-state index in [1.807, 2.05) is 56.6 Å². The van der Waals surface area contributed by atoms with E-state index in [1.54, 1.807) is 24.0 Å².